The van der Waals surface area contributed by atoms with Crippen LogP contribution in [-0.2, 0) is 11.3 Å². The molecule has 0 fully saturated rings. The first-order valence-corrected chi connectivity index (χ1v) is 7.77. The third-order valence-electron chi connectivity index (χ3n) is 3.98. The molecular formula is C17H24N4O2. The Kier molecular flexibility index (Phi) is 5.26. The van der Waals surface area contributed by atoms with Crippen molar-refractivity contribution in [3.63, 3.8) is 0 Å². The van der Waals surface area contributed by atoms with E-state index in [1.54, 1.807) is 7.05 Å². The molecule has 1 heterocycles. The van der Waals surface area contributed by atoms with Crippen LogP contribution in [0, 0.1) is 5.92 Å². The van der Waals surface area contributed by atoms with Gasteiger partial charge in [0, 0.05) is 25.0 Å². The van der Waals surface area contributed by atoms with Gasteiger partial charge in [-0.05, 0) is 36.4 Å². The van der Waals surface area contributed by atoms with Crippen LogP contribution in [0.5, 0.6) is 0 Å². The van der Waals surface area contributed by atoms with E-state index in [9.17, 15) is 9.59 Å². The number of nitrogens with one attached hydrogen (secondary N) is 3. The standard InChI is InChI=1S/C17H24N4O2/c1-11(2)12(3)19-17(23)20-14-6-5-13-7-8-21(15(13)9-14)10-16(22)18-4/h5-9,11-12H,10H2,1-4H3,(H,18,22)(H2,19,20,23). The van der Waals surface area contributed by atoms with Crippen molar-refractivity contribution in [2.75, 3.05) is 12.4 Å². The molecule has 6 heteroatoms. The van der Waals surface area contributed by atoms with Crippen LogP contribution in [0.2, 0.25) is 0 Å². The number of amides is 3. The molecule has 23 heavy (non-hydrogen) atoms. The van der Waals surface area contributed by atoms with E-state index in [2.05, 4.69) is 29.8 Å². The van der Waals surface area contributed by atoms with Gasteiger partial charge in [-0.25, -0.2) is 4.79 Å². The first-order chi connectivity index (χ1) is 10.9. The summed E-state index contributed by atoms with van der Waals surface area (Å²) in [7, 11) is 1.61. The Morgan fingerprint density at radius 2 is 1.91 bits per heavy atom. The molecule has 0 saturated heterocycles. The summed E-state index contributed by atoms with van der Waals surface area (Å²) in [4.78, 5) is 23.6. The largest absolute Gasteiger partial charge is 0.358 e. The number of hydrogen-bond donors (Lipinski definition) is 3. The summed E-state index contributed by atoms with van der Waals surface area (Å²) in [6.07, 6.45) is 1.87. The second kappa shape index (κ2) is 7.17. The second-order valence-corrected chi connectivity index (χ2v) is 6.02. The summed E-state index contributed by atoms with van der Waals surface area (Å²) in [6.45, 7) is 6.34. The van der Waals surface area contributed by atoms with Crippen LogP contribution < -0.4 is 16.0 Å². The van der Waals surface area contributed by atoms with E-state index in [0.717, 1.165) is 10.9 Å². The van der Waals surface area contributed by atoms with Gasteiger partial charge in [-0.3, -0.25) is 4.79 Å². The molecule has 0 radical (unpaired) electrons. The van der Waals surface area contributed by atoms with E-state index in [1.807, 2.05) is 42.0 Å². The zero-order valence-electron chi connectivity index (χ0n) is 14.0. The lowest BCUT2D eigenvalue weighted by Gasteiger charge is -2.18. The smallest absolute Gasteiger partial charge is 0.319 e. The lowest BCUT2D eigenvalue weighted by atomic mass is 10.1. The Labute approximate surface area is 136 Å². The van der Waals surface area contributed by atoms with Gasteiger partial charge in [0.25, 0.3) is 0 Å². The number of hydrogen-bond acceptors (Lipinski definition) is 2. The number of aromatic nitrogens is 1. The molecule has 0 spiro atoms. The maximum absolute atomic E-state index is 12.0. The second-order valence-electron chi connectivity index (χ2n) is 6.02. The topological polar surface area (TPSA) is 75.2 Å². The Bertz CT molecular complexity index is 706. The SMILES string of the molecule is CNC(=O)Cn1ccc2ccc(NC(=O)NC(C)C(C)C)cc21. The quantitative estimate of drug-likeness (QED) is 0.793. The van der Waals surface area contributed by atoms with Crippen molar-refractivity contribution in [2.45, 2.75) is 33.4 Å². The van der Waals surface area contributed by atoms with Crippen molar-refractivity contribution in [1.29, 1.82) is 0 Å². The lowest BCUT2D eigenvalue weighted by molar-refractivity contribution is -0.121. The highest BCUT2D eigenvalue weighted by Crippen LogP contribution is 2.20. The summed E-state index contributed by atoms with van der Waals surface area (Å²) in [6, 6.07) is 7.47. The molecule has 1 aromatic heterocycles. The minimum Gasteiger partial charge on any atom is -0.358 e. The van der Waals surface area contributed by atoms with Crippen molar-refractivity contribution in [2.24, 2.45) is 5.92 Å². The minimum absolute atomic E-state index is 0.0654. The zero-order chi connectivity index (χ0) is 17.0. The Morgan fingerprint density at radius 1 is 1.17 bits per heavy atom. The monoisotopic (exact) mass is 316 g/mol. The minimum atomic E-state index is -0.227. The summed E-state index contributed by atoms with van der Waals surface area (Å²) in [5.74, 6) is 0.303. The number of anilines is 1. The summed E-state index contributed by atoms with van der Waals surface area (Å²) in [5.41, 5.74) is 1.60. The molecule has 3 N–H and O–H groups in total. The molecule has 0 bridgehead atoms. The number of likely N-dealkylation sites (N-methyl/N-ethyl adjacent to an activating group) is 1. The van der Waals surface area contributed by atoms with Crippen LogP contribution in [-0.4, -0.2) is 29.6 Å². The molecule has 0 aliphatic carbocycles. The highest BCUT2D eigenvalue weighted by Gasteiger charge is 2.11. The molecule has 0 saturated carbocycles. The molecule has 0 aliphatic heterocycles. The molecule has 124 valence electrons. The predicted molar refractivity (Wildman–Crippen MR) is 92.5 cm³/mol. The van der Waals surface area contributed by atoms with Crippen LogP contribution in [0.4, 0.5) is 10.5 Å². The number of carbonyl (C=O) groups excluding carboxylic acids is 2. The number of urea groups is 1. The van der Waals surface area contributed by atoms with Gasteiger partial charge in [-0.2, -0.15) is 0 Å². The molecule has 1 unspecified atom stereocenters. The van der Waals surface area contributed by atoms with Crippen molar-refractivity contribution < 1.29 is 9.59 Å². The van der Waals surface area contributed by atoms with Gasteiger partial charge >= 0.3 is 6.03 Å². The molecule has 2 rings (SSSR count). The van der Waals surface area contributed by atoms with Gasteiger partial charge in [-0.15, -0.1) is 0 Å². The van der Waals surface area contributed by atoms with E-state index < -0.39 is 0 Å². The maximum atomic E-state index is 12.0. The van der Waals surface area contributed by atoms with E-state index >= 15 is 0 Å². The number of benzene rings is 1. The fourth-order valence-electron chi connectivity index (χ4n) is 2.17. The highest BCUT2D eigenvalue weighted by molar-refractivity contribution is 5.93. The number of rotatable bonds is 5. The van der Waals surface area contributed by atoms with Crippen LogP contribution in [0.3, 0.4) is 0 Å². The van der Waals surface area contributed by atoms with Gasteiger partial charge < -0.3 is 20.5 Å². The molecular weight excluding hydrogens is 292 g/mol. The number of fused-ring (bicyclic) bond motifs is 1. The van der Waals surface area contributed by atoms with Crippen LogP contribution in [0.25, 0.3) is 10.9 Å². The molecule has 1 atom stereocenters. The summed E-state index contributed by atoms with van der Waals surface area (Å²) >= 11 is 0. The fourth-order valence-corrected chi connectivity index (χ4v) is 2.17. The Balaban J connectivity index is 2.14. The van der Waals surface area contributed by atoms with Gasteiger partial charge in [0.1, 0.15) is 6.54 Å². The van der Waals surface area contributed by atoms with E-state index in [1.165, 1.54) is 0 Å². The van der Waals surface area contributed by atoms with Crippen molar-refractivity contribution >= 4 is 28.5 Å². The van der Waals surface area contributed by atoms with Crippen LogP contribution >= 0.6 is 0 Å². The van der Waals surface area contributed by atoms with E-state index in [4.69, 9.17) is 0 Å². The molecule has 3 amide bonds. The van der Waals surface area contributed by atoms with Crippen molar-refractivity contribution in [1.82, 2.24) is 15.2 Å². The van der Waals surface area contributed by atoms with Crippen molar-refractivity contribution in [3.05, 3.63) is 30.5 Å². The highest BCUT2D eigenvalue weighted by atomic mass is 16.2. The average molecular weight is 316 g/mol. The predicted octanol–water partition coefficient (Wildman–Crippen LogP) is 2.55. The molecule has 2 aromatic rings. The van der Waals surface area contributed by atoms with E-state index in [0.29, 0.717) is 11.6 Å². The first kappa shape index (κ1) is 16.9. The van der Waals surface area contributed by atoms with Crippen LogP contribution in [0.1, 0.15) is 20.8 Å². The molecule has 0 aliphatic rings. The lowest BCUT2D eigenvalue weighted by Crippen LogP contribution is -2.38. The van der Waals surface area contributed by atoms with Crippen molar-refractivity contribution in [3.8, 4) is 0 Å². The van der Waals surface area contributed by atoms with E-state index in [-0.39, 0.29) is 24.5 Å². The Morgan fingerprint density at radius 3 is 2.57 bits per heavy atom. The number of nitrogens with zero attached hydrogens (tertiary/aromatic N) is 1. The van der Waals surface area contributed by atoms with Gasteiger partial charge in [0.05, 0.1) is 5.52 Å². The average Bonchev–Trinajstić information content (AvgIpc) is 2.89. The van der Waals surface area contributed by atoms with Gasteiger partial charge in [0.15, 0.2) is 0 Å². The third-order valence-corrected chi connectivity index (χ3v) is 3.98. The van der Waals surface area contributed by atoms with Gasteiger partial charge in [-0.1, -0.05) is 19.9 Å². The first-order valence-electron chi connectivity index (χ1n) is 7.77. The van der Waals surface area contributed by atoms with Gasteiger partial charge in [0.2, 0.25) is 5.91 Å². The summed E-state index contributed by atoms with van der Waals surface area (Å²) < 4.78 is 1.86. The maximum Gasteiger partial charge on any atom is 0.319 e. The zero-order valence-corrected chi connectivity index (χ0v) is 14.0. The normalized spacial score (nSPS) is 12.2. The van der Waals surface area contributed by atoms with Crippen LogP contribution in [0.15, 0.2) is 30.5 Å². The fraction of sp³-hybridized carbons (Fsp3) is 0.412. The molecule has 1 aromatic carbocycles. The third kappa shape index (κ3) is 4.25. The summed E-state index contributed by atoms with van der Waals surface area (Å²) in [5, 5.41) is 9.38. The molecule has 6 nitrogen and oxygen atoms in total. The Hall–Kier alpha value is -2.50. The number of carbonyl (C=O) groups is 2.